The molecule has 2 heteroatoms. The molecule has 0 aliphatic rings. The number of benzene rings is 1. The van der Waals surface area contributed by atoms with E-state index in [0.717, 1.165) is 11.1 Å². The van der Waals surface area contributed by atoms with E-state index in [4.69, 9.17) is 0 Å². The standard InChI is InChI=1S/C11H13FO.C4H10/c1-3-11(8(2)13)9-5-4-6-10(12)7-9;1-3-4-2/h4-7,13H,3H2,1-2H3;3-4H2,1-2H3/b11-8-;. The molecule has 0 heterocycles. The number of aliphatic hydroxyl groups is 1. The Morgan fingerprint density at radius 3 is 2.12 bits per heavy atom. The summed E-state index contributed by atoms with van der Waals surface area (Å²) in [6, 6.07) is 6.26. The molecule has 0 aromatic heterocycles. The first kappa shape index (κ1) is 15.7. The van der Waals surface area contributed by atoms with Gasteiger partial charge in [-0.25, -0.2) is 4.39 Å². The van der Waals surface area contributed by atoms with Gasteiger partial charge in [0.25, 0.3) is 0 Å². The second-order valence-corrected chi connectivity index (χ2v) is 3.93. The molecule has 0 fully saturated rings. The van der Waals surface area contributed by atoms with E-state index in [2.05, 4.69) is 13.8 Å². The van der Waals surface area contributed by atoms with Crippen LogP contribution in [0.4, 0.5) is 4.39 Å². The fourth-order valence-corrected chi connectivity index (χ4v) is 1.35. The third-order valence-electron chi connectivity index (χ3n) is 2.46. The molecule has 0 unspecified atom stereocenters. The van der Waals surface area contributed by atoms with Crippen LogP contribution in [0.2, 0.25) is 0 Å². The minimum atomic E-state index is -0.273. The van der Waals surface area contributed by atoms with Crippen molar-refractivity contribution in [2.24, 2.45) is 0 Å². The monoisotopic (exact) mass is 238 g/mol. The quantitative estimate of drug-likeness (QED) is 0.705. The van der Waals surface area contributed by atoms with Gasteiger partial charge in [0, 0.05) is 0 Å². The molecule has 1 aromatic rings. The lowest BCUT2D eigenvalue weighted by atomic mass is 10.0. The molecule has 0 saturated carbocycles. The maximum Gasteiger partial charge on any atom is 0.123 e. The second-order valence-electron chi connectivity index (χ2n) is 3.93. The molecule has 1 N–H and O–H groups in total. The van der Waals surface area contributed by atoms with Crippen molar-refractivity contribution in [2.45, 2.75) is 47.0 Å². The van der Waals surface area contributed by atoms with Gasteiger partial charge in [-0.1, -0.05) is 45.7 Å². The van der Waals surface area contributed by atoms with Gasteiger partial charge in [0.15, 0.2) is 0 Å². The number of aliphatic hydroxyl groups excluding tert-OH is 1. The number of halogens is 1. The van der Waals surface area contributed by atoms with Crippen LogP contribution >= 0.6 is 0 Å². The minimum absolute atomic E-state index is 0.258. The van der Waals surface area contributed by atoms with Crippen LogP contribution in [0, 0.1) is 5.82 Å². The lowest BCUT2D eigenvalue weighted by molar-refractivity contribution is 0.415. The van der Waals surface area contributed by atoms with E-state index in [1.807, 2.05) is 6.92 Å². The first-order valence-electron chi connectivity index (χ1n) is 6.21. The fraction of sp³-hybridized carbons (Fsp3) is 0.467. The molecule has 1 aromatic carbocycles. The summed E-state index contributed by atoms with van der Waals surface area (Å²) in [6.45, 7) is 7.91. The van der Waals surface area contributed by atoms with Crippen molar-refractivity contribution in [1.29, 1.82) is 0 Å². The first-order valence-corrected chi connectivity index (χ1v) is 6.21. The summed E-state index contributed by atoms with van der Waals surface area (Å²) in [5.41, 5.74) is 1.54. The van der Waals surface area contributed by atoms with Crippen molar-refractivity contribution in [1.82, 2.24) is 0 Å². The molecule has 0 aliphatic carbocycles. The van der Waals surface area contributed by atoms with E-state index < -0.39 is 0 Å². The molecule has 0 radical (unpaired) electrons. The average Bonchev–Trinajstić information content (AvgIpc) is 2.30. The molecule has 0 aliphatic heterocycles. The molecule has 1 nitrogen and oxygen atoms in total. The van der Waals surface area contributed by atoms with Gasteiger partial charge in [-0.3, -0.25) is 0 Å². The van der Waals surface area contributed by atoms with Gasteiger partial charge in [-0.2, -0.15) is 0 Å². The Morgan fingerprint density at radius 2 is 1.76 bits per heavy atom. The van der Waals surface area contributed by atoms with Crippen LogP contribution in [-0.2, 0) is 0 Å². The number of unbranched alkanes of at least 4 members (excludes halogenated alkanes) is 1. The summed E-state index contributed by atoms with van der Waals surface area (Å²) < 4.78 is 12.8. The van der Waals surface area contributed by atoms with Gasteiger partial charge in [-0.15, -0.1) is 0 Å². The number of allylic oxidation sites excluding steroid dienone is 2. The predicted octanol–water partition coefficient (Wildman–Crippen LogP) is 5.33. The smallest absolute Gasteiger partial charge is 0.123 e. The van der Waals surface area contributed by atoms with Crippen molar-refractivity contribution in [3.05, 3.63) is 41.4 Å². The SMILES string of the molecule is CC/C(=C(\C)O)c1cccc(F)c1.CCCC. The maximum absolute atomic E-state index is 12.8. The highest BCUT2D eigenvalue weighted by atomic mass is 19.1. The molecule has 17 heavy (non-hydrogen) atoms. The average molecular weight is 238 g/mol. The molecule has 0 spiro atoms. The Balaban J connectivity index is 0.000000557. The van der Waals surface area contributed by atoms with Crippen LogP contribution in [0.25, 0.3) is 5.57 Å². The highest BCUT2D eigenvalue weighted by molar-refractivity contribution is 5.66. The Morgan fingerprint density at radius 1 is 1.18 bits per heavy atom. The lowest BCUT2D eigenvalue weighted by Crippen LogP contribution is -1.88. The van der Waals surface area contributed by atoms with Crippen molar-refractivity contribution in [2.75, 3.05) is 0 Å². The van der Waals surface area contributed by atoms with E-state index in [-0.39, 0.29) is 11.6 Å². The Bertz CT molecular complexity index is 350. The normalized spacial score (nSPS) is 11.4. The first-order chi connectivity index (χ1) is 8.06. The van der Waals surface area contributed by atoms with Crippen LogP contribution in [0.15, 0.2) is 30.0 Å². The highest BCUT2D eigenvalue weighted by Gasteiger charge is 2.03. The lowest BCUT2D eigenvalue weighted by Gasteiger charge is -2.05. The van der Waals surface area contributed by atoms with Gasteiger partial charge in [0.05, 0.1) is 5.76 Å². The summed E-state index contributed by atoms with van der Waals surface area (Å²) in [5.74, 6) is -0.0159. The van der Waals surface area contributed by atoms with Crippen molar-refractivity contribution in [3.8, 4) is 0 Å². The molecular weight excluding hydrogens is 215 g/mol. The molecule has 1 rings (SSSR count). The molecular formula is C15H23FO. The van der Waals surface area contributed by atoms with Crippen LogP contribution < -0.4 is 0 Å². The summed E-state index contributed by atoms with van der Waals surface area (Å²) in [5, 5.41) is 9.31. The number of hydrogen-bond acceptors (Lipinski definition) is 1. The number of hydrogen-bond donors (Lipinski definition) is 1. The van der Waals surface area contributed by atoms with Gasteiger partial charge >= 0.3 is 0 Å². The van der Waals surface area contributed by atoms with Crippen LogP contribution in [0.5, 0.6) is 0 Å². The summed E-state index contributed by atoms with van der Waals surface area (Å²) >= 11 is 0. The summed E-state index contributed by atoms with van der Waals surface area (Å²) in [7, 11) is 0. The Labute approximate surface area is 104 Å². The van der Waals surface area contributed by atoms with Gasteiger partial charge < -0.3 is 5.11 Å². The summed E-state index contributed by atoms with van der Waals surface area (Å²) in [4.78, 5) is 0. The third kappa shape index (κ3) is 6.10. The highest BCUT2D eigenvalue weighted by Crippen LogP contribution is 2.21. The topological polar surface area (TPSA) is 20.2 Å². The molecule has 0 amide bonds. The van der Waals surface area contributed by atoms with E-state index in [1.165, 1.54) is 25.0 Å². The van der Waals surface area contributed by atoms with E-state index in [1.54, 1.807) is 19.1 Å². The fourth-order valence-electron chi connectivity index (χ4n) is 1.35. The van der Waals surface area contributed by atoms with E-state index in [9.17, 15) is 9.50 Å². The zero-order chi connectivity index (χ0) is 13.3. The van der Waals surface area contributed by atoms with Crippen LogP contribution in [0.1, 0.15) is 52.5 Å². The van der Waals surface area contributed by atoms with Gasteiger partial charge in [-0.05, 0) is 36.6 Å². The van der Waals surface area contributed by atoms with Gasteiger partial charge in [0.2, 0.25) is 0 Å². The van der Waals surface area contributed by atoms with E-state index in [0.29, 0.717) is 6.42 Å². The van der Waals surface area contributed by atoms with E-state index >= 15 is 0 Å². The van der Waals surface area contributed by atoms with Crippen LogP contribution in [-0.4, -0.2) is 5.11 Å². The summed E-state index contributed by atoms with van der Waals surface area (Å²) in [6.07, 6.45) is 3.34. The van der Waals surface area contributed by atoms with Crippen molar-refractivity contribution < 1.29 is 9.50 Å². The zero-order valence-electron chi connectivity index (χ0n) is 11.3. The molecule has 0 bridgehead atoms. The Hall–Kier alpha value is -1.31. The molecule has 0 saturated heterocycles. The zero-order valence-corrected chi connectivity index (χ0v) is 11.3. The predicted molar refractivity (Wildman–Crippen MR) is 72.5 cm³/mol. The van der Waals surface area contributed by atoms with Crippen LogP contribution in [0.3, 0.4) is 0 Å². The molecule has 96 valence electrons. The number of rotatable bonds is 3. The third-order valence-corrected chi connectivity index (χ3v) is 2.46. The van der Waals surface area contributed by atoms with Gasteiger partial charge in [0.1, 0.15) is 5.82 Å². The Kier molecular flexibility index (Phi) is 8.12. The van der Waals surface area contributed by atoms with Crippen molar-refractivity contribution in [3.63, 3.8) is 0 Å². The second kappa shape index (κ2) is 8.80. The van der Waals surface area contributed by atoms with Crippen molar-refractivity contribution >= 4 is 5.57 Å². The maximum atomic E-state index is 12.8. The molecule has 0 atom stereocenters. The largest absolute Gasteiger partial charge is 0.512 e. The minimum Gasteiger partial charge on any atom is -0.512 e.